The molecule has 0 N–H and O–H groups in total. The Hall–Kier alpha value is -4.19. The fourth-order valence-electron chi connectivity index (χ4n) is 9.58. The number of hydrogen-bond donors (Lipinski definition) is 0. The normalized spacial score (nSPS) is 12.9. The lowest BCUT2D eigenvalue weighted by Gasteiger charge is -2.18. The van der Waals surface area contributed by atoms with E-state index in [4.69, 9.17) is 14.2 Å². The minimum atomic E-state index is -0.807. The van der Waals surface area contributed by atoms with E-state index in [1.807, 2.05) is 0 Å². The molecule has 0 radical (unpaired) electrons. The van der Waals surface area contributed by atoms with Crippen molar-refractivity contribution in [2.75, 3.05) is 13.2 Å². The third-order valence-electron chi connectivity index (χ3n) is 14.7. The van der Waals surface area contributed by atoms with Crippen LogP contribution in [0.25, 0.3) is 0 Å². The molecule has 0 amide bonds. The van der Waals surface area contributed by atoms with Gasteiger partial charge in [0.2, 0.25) is 0 Å². The van der Waals surface area contributed by atoms with Gasteiger partial charge in [-0.2, -0.15) is 0 Å². The van der Waals surface area contributed by atoms with Crippen molar-refractivity contribution < 1.29 is 28.6 Å². The third kappa shape index (κ3) is 66.6. The van der Waals surface area contributed by atoms with Crippen molar-refractivity contribution in [1.29, 1.82) is 0 Å². The average Bonchev–Trinajstić information content (AvgIpc) is 3.47. The first-order chi connectivity index (χ1) is 40.5. The predicted molar refractivity (Wildman–Crippen MR) is 357 cm³/mol. The van der Waals surface area contributed by atoms with Gasteiger partial charge in [0.15, 0.2) is 6.10 Å². The van der Waals surface area contributed by atoms with Gasteiger partial charge in [-0.15, -0.1) is 0 Å². The maximum absolute atomic E-state index is 12.9. The van der Waals surface area contributed by atoms with Crippen LogP contribution in [0.5, 0.6) is 0 Å². The molecule has 0 aliphatic heterocycles. The molecule has 0 spiro atoms. The lowest BCUT2D eigenvalue weighted by Crippen LogP contribution is -2.30. The van der Waals surface area contributed by atoms with Gasteiger partial charge < -0.3 is 14.2 Å². The SMILES string of the molecule is CC/C=C\C/C=C\C/C=C\C/C=C\C/C=C\CCCC(=O)OCC(COC(=O)CCCCCCCCCCCCCCCCCC/C=C\C/C=C\C/C=C\C/C=C\CC)OC(=O)CCCCCCCCC/C=C\CCCCCCCCC. The summed E-state index contributed by atoms with van der Waals surface area (Å²) < 4.78 is 16.9. The molecular formula is C76H128O6. The van der Waals surface area contributed by atoms with E-state index in [0.717, 1.165) is 103 Å². The third-order valence-corrected chi connectivity index (χ3v) is 14.7. The highest BCUT2D eigenvalue weighted by Gasteiger charge is 2.19. The molecule has 0 saturated heterocycles. The fourth-order valence-corrected chi connectivity index (χ4v) is 9.58. The monoisotopic (exact) mass is 1140 g/mol. The van der Waals surface area contributed by atoms with E-state index in [1.54, 1.807) is 0 Å². The van der Waals surface area contributed by atoms with Crippen molar-refractivity contribution in [1.82, 2.24) is 0 Å². The summed E-state index contributed by atoms with van der Waals surface area (Å²) in [6.07, 6.45) is 96.6. The Morgan fingerprint density at radius 1 is 0.256 bits per heavy atom. The molecule has 0 saturated carbocycles. The number of rotatable bonds is 62. The second-order valence-electron chi connectivity index (χ2n) is 22.7. The molecule has 6 heteroatoms. The van der Waals surface area contributed by atoms with Crippen LogP contribution in [-0.4, -0.2) is 37.2 Å². The molecule has 0 bridgehead atoms. The summed E-state index contributed by atoms with van der Waals surface area (Å²) in [5, 5.41) is 0. The summed E-state index contributed by atoms with van der Waals surface area (Å²) in [4.78, 5) is 38.4. The first kappa shape index (κ1) is 77.8. The van der Waals surface area contributed by atoms with Crippen LogP contribution < -0.4 is 0 Å². The zero-order chi connectivity index (χ0) is 59.2. The molecule has 0 fully saturated rings. The fraction of sp³-hybridized carbons (Fsp3) is 0.697. The number of unbranched alkanes of at least 4 members (excludes halogenated alkanes) is 31. The van der Waals surface area contributed by atoms with Crippen LogP contribution in [0.15, 0.2) is 122 Å². The van der Waals surface area contributed by atoms with Gasteiger partial charge in [0, 0.05) is 19.3 Å². The summed E-state index contributed by atoms with van der Waals surface area (Å²) in [6, 6.07) is 0. The quantitative estimate of drug-likeness (QED) is 0.0261. The van der Waals surface area contributed by atoms with Gasteiger partial charge in [-0.1, -0.05) is 303 Å². The van der Waals surface area contributed by atoms with Crippen molar-refractivity contribution >= 4 is 17.9 Å². The van der Waals surface area contributed by atoms with Gasteiger partial charge in [-0.3, -0.25) is 14.4 Å². The van der Waals surface area contributed by atoms with E-state index in [9.17, 15) is 14.4 Å². The second-order valence-corrected chi connectivity index (χ2v) is 22.7. The zero-order valence-electron chi connectivity index (χ0n) is 53.7. The molecule has 0 aromatic rings. The average molecular weight is 1140 g/mol. The van der Waals surface area contributed by atoms with Crippen molar-refractivity contribution in [2.45, 2.75) is 329 Å². The molecule has 0 aromatic heterocycles. The predicted octanol–water partition coefficient (Wildman–Crippen LogP) is 23.9. The Morgan fingerprint density at radius 2 is 0.488 bits per heavy atom. The Labute approximate surface area is 507 Å². The van der Waals surface area contributed by atoms with Crippen molar-refractivity contribution in [3.8, 4) is 0 Å². The smallest absolute Gasteiger partial charge is 0.306 e. The molecule has 0 aromatic carbocycles. The minimum Gasteiger partial charge on any atom is -0.462 e. The van der Waals surface area contributed by atoms with E-state index in [1.165, 1.54) is 173 Å². The molecule has 1 atom stereocenters. The molecule has 0 aliphatic carbocycles. The summed E-state index contributed by atoms with van der Waals surface area (Å²) >= 11 is 0. The van der Waals surface area contributed by atoms with Crippen LogP contribution in [0.4, 0.5) is 0 Å². The van der Waals surface area contributed by atoms with E-state index in [2.05, 4.69) is 142 Å². The highest BCUT2D eigenvalue weighted by molar-refractivity contribution is 5.71. The number of hydrogen-bond acceptors (Lipinski definition) is 6. The molecule has 0 rings (SSSR count). The molecule has 82 heavy (non-hydrogen) atoms. The Balaban J connectivity index is 4.34. The van der Waals surface area contributed by atoms with Crippen LogP contribution in [0.2, 0.25) is 0 Å². The first-order valence-corrected chi connectivity index (χ1v) is 34.5. The Morgan fingerprint density at radius 3 is 0.805 bits per heavy atom. The van der Waals surface area contributed by atoms with Gasteiger partial charge in [0.1, 0.15) is 13.2 Å². The van der Waals surface area contributed by atoms with Gasteiger partial charge >= 0.3 is 17.9 Å². The van der Waals surface area contributed by atoms with Gasteiger partial charge in [-0.05, 0) is 122 Å². The number of esters is 3. The zero-order valence-corrected chi connectivity index (χ0v) is 53.7. The van der Waals surface area contributed by atoms with E-state index >= 15 is 0 Å². The first-order valence-electron chi connectivity index (χ1n) is 34.5. The van der Waals surface area contributed by atoms with Gasteiger partial charge in [0.05, 0.1) is 0 Å². The van der Waals surface area contributed by atoms with E-state index in [-0.39, 0.29) is 37.5 Å². The number of carbonyl (C=O) groups is 3. The molecule has 0 heterocycles. The van der Waals surface area contributed by atoms with Crippen molar-refractivity contribution in [2.24, 2.45) is 0 Å². The number of allylic oxidation sites excluding steroid dienone is 20. The molecule has 0 aliphatic rings. The number of ether oxygens (including phenoxy) is 3. The minimum absolute atomic E-state index is 0.0973. The van der Waals surface area contributed by atoms with Gasteiger partial charge in [0.25, 0.3) is 0 Å². The summed E-state index contributed by atoms with van der Waals surface area (Å²) in [6.45, 7) is 6.39. The summed E-state index contributed by atoms with van der Waals surface area (Å²) in [5.41, 5.74) is 0. The number of carbonyl (C=O) groups excluding carboxylic acids is 3. The molecule has 1 unspecified atom stereocenters. The van der Waals surface area contributed by atoms with Crippen LogP contribution >= 0.6 is 0 Å². The Kier molecular flexibility index (Phi) is 65.8. The van der Waals surface area contributed by atoms with E-state index in [0.29, 0.717) is 19.3 Å². The van der Waals surface area contributed by atoms with Crippen molar-refractivity contribution in [3.05, 3.63) is 122 Å². The van der Waals surface area contributed by atoms with Crippen LogP contribution in [0.3, 0.4) is 0 Å². The second kappa shape index (κ2) is 69.3. The maximum atomic E-state index is 12.9. The van der Waals surface area contributed by atoms with Gasteiger partial charge in [-0.25, -0.2) is 0 Å². The maximum Gasteiger partial charge on any atom is 0.306 e. The largest absolute Gasteiger partial charge is 0.462 e. The van der Waals surface area contributed by atoms with Crippen LogP contribution in [0, 0.1) is 0 Å². The highest BCUT2D eigenvalue weighted by atomic mass is 16.6. The van der Waals surface area contributed by atoms with Crippen LogP contribution in [0.1, 0.15) is 323 Å². The summed E-state index contributed by atoms with van der Waals surface area (Å²) in [7, 11) is 0. The summed E-state index contributed by atoms with van der Waals surface area (Å²) in [5.74, 6) is -0.952. The molecule has 6 nitrogen and oxygen atoms in total. The molecular weight excluding hydrogens is 1010 g/mol. The molecule has 468 valence electrons. The lowest BCUT2D eigenvalue weighted by atomic mass is 10.0. The van der Waals surface area contributed by atoms with Crippen LogP contribution in [-0.2, 0) is 28.6 Å². The standard InChI is InChI=1S/C76H128O6/c1-4-7-10-13-16-19-22-25-28-31-33-34-35-36-37-38-39-40-41-42-43-46-48-51-54-57-60-63-66-69-75(78)81-72-73(71-80-74(77)68-65-62-59-56-53-50-47-44-30-27-24-21-18-15-12-9-6-3)82-76(79)70-67-64-61-58-55-52-49-45-32-29-26-23-20-17-14-11-8-5-2/h7,9-10,12,16,18-19,21,25,27-30,32-34,47,50,56,59,73H,4-6,8,11,13-15,17,20,22-24,26,31,35-46,48-49,51-55,57-58,60-72H2,1-3H3/b10-7-,12-9-,19-16-,21-18-,28-25-,30-27-,32-29-,34-33-,50-47-,59-56-. The van der Waals surface area contributed by atoms with Crippen molar-refractivity contribution in [3.63, 3.8) is 0 Å². The lowest BCUT2D eigenvalue weighted by molar-refractivity contribution is -0.167. The van der Waals surface area contributed by atoms with E-state index < -0.39 is 6.10 Å². The Bertz CT molecular complexity index is 1690. The highest BCUT2D eigenvalue weighted by Crippen LogP contribution is 2.17. The topological polar surface area (TPSA) is 78.9 Å².